The molecule has 0 saturated heterocycles. The number of aromatic nitrogens is 1. The second-order valence-electron chi connectivity index (χ2n) is 7.13. The predicted molar refractivity (Wildman–Crippen MR) is 128 cm³/mol. The number of carbonyl (C=O) groups is 4. The Kier molecular flexibility index (Phi) is 6.44. The van der Waals surface area contributed by atoms with E-state index in [-0.39, 0.29) is 27.9 Å². The molecule has 3 amide bonds. The molecule has 0 saturated carbocycles. The number of carbonyl (C=O) groups excluding carboxylic acids is 4. The standard InChI is InChI=1S/C23H17ClN4O5S/c1-12-11-34-23(25-12)27-19(29)13-5-3-7-15(9-13)26-18-17(24)20(30)28(21(18)31)16-8-4-6-14(10-16)22(32)33-2/h3-11,26H,1-2H3,(H,25,27,29). The van der Waals surface area contributed by atoms with Crippen LogP contribution in [0.1, 0.15) is 26.4 Å². The van der Waals surface area contributed by atoms with E-state index >= 15 is 0 Å². The smallest absolute Gasteiger partial charge is 0.337 e. The van der Waals surface area contributed by atoms with Crippen molar-refractivity contribution in [2.24, 2.45) is 0 Å². The van der Waals surface area contributed by atoms with Gasteiger partial charge in [0.15, 0.2) is 5.13 Å². The zero-order valence-electron chi connectivity index (χ0n) is 17.9. The summed E-state index contributed by atoms with van der Waals surface area (Å²) in [5, 5.41) is 7.51. The molecule has 4 rings (SSSR count). The third-order valence-electron chi connectivity index (χ3n) is 4.79. The number of halogens is 1. The first-order chi connectivity index (χ1) is 16.3. The fourth-order valence-electron chi connectivity index (χ4n) is 3.20. The number of rotatable bonds is 6. The molecule has 1 aromatic heterocycles. The highest BCUT2D eigenvalue weighted by Crippen LogP contribution is 2.31. The highest BCUT2D eigenvalue weighted by atomic mass is 35.5. The molecule has 0 radical (unpaired) electrons. The monoisotopic (exact) mass is 496 g/mol. The molecule has 2 aromatic carbocycles. The van der Waals surface area contributed by atoms with Crippen LogP contribution in [0.25, 0.3) is 0 Å². The van der Waals surface area contributed by atoms with Crippen LogP contribution in [-0.4, -0.2) is 35.8 Å². The van der Waals surface area contributed by atoms with Gasteiger partial charge in [0.2, 0.25) is 0 Å². The van der Waals surface area contributed by atoms with Gasteiger partial charge in [-0.05, 0) is 43.3 Å². The zero-order valence-corrected chi connectivity index (χ0v) is 19.5. The zero-order chi connectivity index (χ0) is 24.4. The highest BCUT2D eigenvalue weighted by Gasteiger charge is 2.39. The fraction of sp³-hybridized carbons (Fsp3) is 0.0870. The van der Waals surface area contributed by atoms with Gasteiger partial charge in [0, 0.05) is 16.6 Å². The van der Waals surface area contributed by atoms with Gasteiger partial charge in [0.05, 0.1) is 24.1 Å². The van der Waals surface area contributed by atoms with E-state index in [2.05, 4.69) is 20.4 Å². The highest BCUT2D eigenvalue weighted by molar-refractivity contribution is 7.13. The van der Waals surface area contributed by atoms with Gasteiger partial charge in [-0.3, -0.25) is 19.7 Å². The first kappa shape index (κ1) is 23.1. The minimum atomic E-state index is -0.746. The van der Waals surface area contributed by atoms with Gasteiger partial charge in [0.25, 0.3) is 17.7 Å². The van der Waals surface area contributed by atoms with Gasteiger partial charge in [-0.15, -0.1) is 11.3 Å². The topological polar surface area (TPSA) is 118 Å². The van der Waals surface area contributed by atoms with E-state index in [1.807, 2.05) is 12.3 Å². The minimum Gasteiger partial charge on any atom is -0.465 e. The third-order valence-corrected chi connectivity index (χ3v) is 6.01. The van der Waals surface area contributed by atoms with Gasteiger partial charge < -0.3 is 10.1 Å². The van der Waals surface area contributed by atoms with Gasteiger partial charge in [0.1, 0.15) is 10.7 Å². The number of amides is 3. The lowest BCUT2D eigenvalue weighted by Crippen LogP contribution is -2.32. The Balaban J connectivity index is 1.55. The number of benzene rings is 2. The lowest BCUT2D eigenvalue weighted by Gasteiger charge is -2.16. The molecule has 2 heterocycles. The number of methoxy groups -OCH3 is 1. The van der Waals surface area contributed by atoms with Crippen LogP contribution in [0, 0.1) is 6.92 Å². The Morgan fingerprint density at radius 2 is 1.79 bits per heavy atom. The van der Waals surface area contributed by atoms with Crippen molar-refractivity contribution >= 4 is 63.1 Å². The van der Waals surface area contributed by atoms with E-state index in [1.54, 1.807) is 18.2 Å². The first-order valence-corrected chi connectivity index (χ1v) is 11.1. The largest absolute Gasteiger partial charge is 0.465 e. The number of ether oxygens (including phenoxy) is 1. The van der Waals surface area contributed by atoms with Crippen LogP contribution in [0.5, 0.6) is 0 Å². The Morgan fingerprint density at radius 3 is 2.50 bits per heavy atom. The van der Waals surface area contributed by atoms with Crippen molar-refractivity contribution < 1.29 is 23.9 Å². The van der Waals surface area contributed by atoms with Gasteiger partial charge in [-0.25, -0.2) is 14.7 Å². The van der Waals surface area contributed by atoms with Crippen LogP contribution in [0.2, 0.25) is 0 Å². The van der Waals surface area contributed by atoms with Gasteiger partial charge >= 0.3 is 5.97 Å². The molecule has 3 aromatic rings. The van der Waals surface area contributed by atoms with E-state index in [1.165, 1.54) is 48.8 Å². The molecule has 0 aliphatic carbocycles. The molecular weight excluding hydrogens is 480 g/mol. The fourth-order valence-corrected chi connectivity index (χ4v) is 4.09. The second-order valence-corrected chi connectivity index (χ2v) is 8.37. The molecule has 0 spiro atoms. The van der Waals surface area contributed by atoms with Crippen molar-refractivity contribution in [3.63, 3.8) is 0 Å². The van der Waals surface area contributed by atoms with E-state index in [0.717, 1.165) is 10.6 Å². The maximum absolute atomic E-state index is 13.0. The van der Waals surface area contributed by atoms with Crippen LogP contribution >= 0.6 is 22.9 Å². The number of thiazole rings is 1. The number of esters is 1. The Bertz CT molecular complexity index is 1370. The molecule has 11 heteroatoms. The summed E-state index contributed by atoms with van der Waals surface area (Å²) in [5.74, 6) is -2.44. The number of nitrogens with one attached hydrogen (secondary N) is 2. The molecule has 34 heavy (non-hydrogen) atoms. The van der Waals surface area contributed by atoms with Crippen molar-refractivity contribution in [3.8, 4) is 0 Å². The molecule has 2 N–H and O–H groups in total. The number of imide groups is 1. The quantitative estimate of drug-likeness (QED) is 0.392. The van der Waals surface area contributed by atoms with Crippen LogP contribution in [0.15, 0.2) is 64.6 Å². The van der Waals surface area contributed by atoms with Crippen molar-refractivity contribution in [2.75, 3.05) is 22.6 Å². The SMILES string of the molecule is COC(=O)c1cccc(N2C(=O)C(Cl)=C(Nc3cccc(C(=O)Nc4nc(C)cs4)c3)C2=O)c1. The number of nitrogens with zero attached hydrogens (tertiary/aromatic N) is 2. The lowest BCUT2D eigenvalue weighted by atomic mass is 10.2. The number of hydrogen-bond donors (Lipinski definition) is 2. The average molecular weight is 497 g/mol. The van der Waals surface area contributed by atoms with Crippen LogP contribution in [-0.2, 0) is 14.3 Å². The Hall–Kier alpha value is -4.02. The van der Waals surface area contributed by atoms with Crippen molar-refractivity contribution in [1.29, 1.82) is 0 Å². The number of hydrogen-bond acceptors (Lipinski definition) is 8. The van der Waals surface area contributed by atoms with Crippen LogP contribution in [0.3, 0.4) is 0 Å². The van der Waals surface area contributed by atoms with Crippen LogP contribution in [0.4, 0.5) is 16.5 Å². The summed E-state index contributed by atoms with van der Waals surface area (Å²) < 4.78 is 4.69. The summed E-state index contributed by atoms with van der Waals surface area (Å²) >= 11 is 7.49. The molecular formula is C23H17ClN4O5S. The first-order valence-electron chi connectivity index (χ1n) is 9.86. The average Bonchev–Trinajstić information content (AvgIpc) is 3.34. The molecule has 0 bridgehead atoms. The minimum absolute atomic E-state index is 0.150. The normalized spacial score (nSPS) is 13.3. The van der Waals surface area contributed by atoms with E-state index in [0.29, 0.717) is 16.4 Å². The molecule has 0 atom stereocenters. The summed E-state index contributed by atoms with van der Waals surface area (Å²) in [7, 11) is 1.23. The molecule has 172 valence electrons. The summed E-state index contributed by atoms with van der Waals surface area (Å²) in [6.45, 7) is 1.82. The Labute approximate surface area is 203 Å². The van der Waals surface area contributed by atoms with Gasteiger partial charge in [-0.2, -0.15) is 0 Å². The molecule has 0 fully saturated rings. The summed E-state index contributed by atoms with van der Waals surface area (Å²) in [6, 6.07) is 12.2. The Morgan fingerprint density at radius 1 is 1.06 bits per heavy atom. The molecule has 1 aliphatic rings. The third kappa shape index (κ3) is 4.54. The number of aryl methyl sites for hydroxylation is 1. The van der Waals surface area contributed by atoms with Crippen molar-refractivity contribution in [2.45, 2.75) is 6.92 Å². The lowest BCUT2D eigenvalue weighted by molar-refractivity contribution is -0.120. The number of anilines is 3. The summed E-state index contributed by atoms with van der Waals surface area (Å²) in [4.78, 5) is 55.2. The van der Waals surface area contributed by atoms with Crippen LogP contribution < -0.4 is 15.5 Å². The van der Waals surface area contributed by atoms with Gasteiger partial charge in [-0.1, -0.05) is 23.7 Å². The maximum Gasteiger partial charge on any atom is 0.337 e. The summed E-state index contributed by atoms with van der Waals surface area (Å²) in [6.07, 6.45) is 0. The second kappa shape index (κ2) is 9.46. The van der Waals surface area contributed by atoms with E-state index < -0.39 is 17.8 Å². The van der Waals surface area contributed by atoms with Crippen molar-refractivity contribution in [3.05, 3.63) is 81.5 Å². The molecule has 1 aliphatic heterocycles. The molecule has 0 unspecified atom stereocenters. The van der Waals surface area contributed by atoms with E-state index in [4.69, 9.17) is 11.6 Å². The summed E-state index contributed by atoms with van der Waals surface area (Å²) in [5.41, 5.74) is 1.68. The predicted octanol–water partition coefficient (Wildman–Crippen LogP) is 3.93. The molecule has 9 nitrogen and oxygen atoms in total. The van der Waals surface area contributed by atoms with Crippen molar-refractivity contribution in [1.82, 2.24) is 4.98 Å². The maximum atomic E-state index is 13.0. The van der Waals surface area contributed by atoms with E-state index in [9.17, 15) is 19.2 Å².